The molecule has 2 aromatic rings. The van der Waals surface area contributed by atoms with Gasteiger partial charge < -0.3 is 14.7 Å². The minimum Gasteiger partial charge on any atom is -0.510 e. The second-order valence-electron chi connectivity index (χ2n) is 5.09. The van der Waals surface area contributed by atoms with Crippen LogP contribution in [-0.2, 0) is 0 Å². The van der Waals surface area contributed by atoms with Gasteiger partial charge >= 0.3 is 6.36 Å². The molecule has 1 aliphatic heterocycles. The number of alkyl halides is 3. The van der Waals surface area contributed by atoms with Crippen LogP contribution in [0.25, 0.3) is 5.57 Å². The Morgan fingerprint density at radius 1 is 1.29 bits per heavy atom. The Bertz CT molecular complexity index is 812. The van der Waals surface area contributed by atoms with E-state index in [1.807, 2.05) is 12.3 Å². The summed E-state index contributed by atoms with van der Waals surface area (Å²) in [6.45, 7) is 1.87. The Labute approximate surface area is 139 Å². The van der Waals surface area contributed by atoms with Gasteiger partial charge in [0.1, 0.15) is 22.4 Å². The number of aryl methyl sites for hydroxylation is 1. The highest BCUT2D eigenvalue weighted by Gasteiger charge is 2.32. The average Bonchev–Trinajstić information content (AvgIpc) is 3.02. The van der Waals surface area contributed by atoms with Gasteiger partial charge in [-0.3, -0.25) is 5.41 Å². The summed E-state index contributed by atoms with van der Waals surface area (Å²) in [5.41, 5.74) is 1.60. The molecule has 24 heavy (non-hydrogen) atoms. The SMILES string of the molecule is Cc1csc(C2=C(O)CN(c3ccc(OC(F)(F)F)cc3)C2=N)n1. The van der Waals surface area contributed by atoms with Gasteiger partial charge in [-0.25, -0.2) is 4.98 Å². The number of ether oxygens (including phenoxy) is 1. The summed E-state index contributed by atoms with van der Waals surface area (Å²) >= 11 is 1.32. The maximum absolute atomic E-state index is 12.2. The second kappa shape index (κ2) is 5.82. The van der Waals surface area contributed by atoms with Crippen LogP contribution in [0.15, 0.2) is 35.4 Å². The number of thiazole rings is 1. The third kappa shape index (κ3) is 3.21. The van der Waals surface area contributed by atoms with Crippen LogP contribution in [-0.4, -0.2) is 28.8 Å². The summed E-state index contributed by atoms with van der Waals surface area (Å²) in [6, 6.07) is 5.13. The number of halogens is 3. The standard InChI is InChI=1S/C15H12F3N3O2S/c1-8-7-24-14(20-8)12-11(22)6-21(13(12)19)9-2-4-10(5-3-9)23-15(16,17)18/h2-5,7,19,22H,6H2,1H3. The number of benzene rings is 1. The first-order chi connectivity index (χ1) is 11.2. The highest BCUT2D eigenvalue weighted by atomic mass is 32.1. The first-order valence-electron chi connectivity index (χ1n) is 6.81. The van der Waals surface area contributed by atoms with Crippen molar-refractivity contribution in [2.45, 2.75) is 13.3 Å². The fraction of sp³-hybridized carbons (Fsp3) is 0.200. The molecule has 5 nitrogen and oxygen atoms in total. The smallest absolute Gasteiger partial charge is 0.510 e. The van der Waals surface area contributed by atoms with Crippen LogP contribution in [0.2, 0.25) is 0 Å². The van der Waals surface area contributed by atoms with Crippen molar-refractivity contribution in [3.8, 4) is 5.75 Å². The molecule has 9 heteroatoms. The van der Waals surface area contributed by atoms with Crippen LogP contribution in [0.1, 0.15) is 10.7 Å². The highest BCUT2D eigenvalue weighted by molar-refractivity contribution is 7.11. The van der Waals surface area contributed by atoms with Gasteiger partial charge in [-0.1, -0.05) is 0 Å². The number of nitrogens with one attached hydrogen (secondary N) is 1. The van der Waals surface area contributed by atoms with Crippen LogP contribution >= 0.6 is 11.3 Å². The summed E-state index contributed by atoms with van der Waals surface area (Å²) in [5, 5.41) is 20.7. The summed E-state index contributed by atoms with van der Waals surface area (Å²) in [6.07, 6.45) is -4.75. The number of hydrogen-bond acceptors (Lipinski definition) is 5. The molecule has 0 atom stereocenters. The first kappa shape index (κ1) is 16.3. The van der Waals surface area contributed by atoms with Gasteiger partial charge in [0.05, 0.1) is 12.1 Å². The molecule has 2 heterocycles. The predicted octanol–water partition coefficient (Wildman–Crippen LogP) is 4.12. The number of anilines is 1. The Morgan fingerprint density at radius 3 is 2.50 bits per heavy atom. The van der Waals surface area contributed by atoms with Crippen LogP contribution < -0.4 is 9.64 Å². The monoisotopic (exact) mass is 355 g/mol. The van der Waals surface area contributed by atoms with Crippen molar-refractivity contribution in [1.82, 2.24) is 4.98 Å². The summed E-state index contributed by atoms with van der Waals surface area (Å²) in [7, 11) is 0. The van der Waals surface area contributed by atoms with E-state index in [-0.39, 0.29) is 23.9 Å². The van der Waals surface area contributed by atoms with Crippen LogP contribution in [0.5, 0.6) is 5.75 Å². The lowest BCUT2D eigenvalue weighted by Gasteiger charge is -2.19. The van der Waals surface area contributed by atoms with Gasteiger partial charge in [-0.15, -0.1) is 24.5 Å². The maximum atomic E-state index is 12.2. The zero-order chi connectivity index (χ0) is 17.5. The molecule has 0 fully saturated rings. The summed E-state index contributed by atoms with van der Waals surface area (Å²) < 4.78 is 40.4. The van der Waals surface area contributed by atoms with Crippen molar-refractivity contribution in [3.05, 3.63) is 46.1 Å². The van der Waals surface area contributed by atoms with E-state index in [0.29, 0.717) is 16.3 Å². The largest absolute Gasteiger partial charge is 0.573 e. The average molecular weight is 355 g/mol. The Morgan fingerprint density at radius 2 is 1.96 bits per heavy atom. The van der Waals surface area contributed by atoms with E-state index >= 15 is 0 Å². The molecular weight excluding hydrogens is 343 g/mol. The van der Waals surface area contributed by atoms with Crippen LogP contribution in [0, 0.1) is 12.3 Å². The molecule has 2 N–H and O–H groups in total. The lowest BCUT2D eigenvalue weighted by atomic mass is 10.2. The molecular formula is C15H12F3N3O2S. The number of aliphatic hydroxyl groups excluding tert-OH is 1. The third-order valence-corrected chi connectivity index (χ3v) is 4.30. The number of aromatic nitrogens is 1. The van der Waals surface area contributed by atoms with Crippen molar-refractivity contribution in [2.75, 3.05) is 11.4 Å². The Kier molecular flexibility index (Phi) is 3.96. The quantitative estimate of drug-likeness (QED) is 0.869. The van der Waals surface area contributed by atoms with Crippen molar-refractivity contribution in [1.29, 1.82) is 5.41 Å². The molecule has 0 unspecified atom stereocenters. The topological polar surface area (TPSA) is 69.4 Å². The highest BCUT2D eigenvalue weighted by Crippen LogP contribution is 2.33. The van der Waals surface area contributed by atoms with Gasteiger partial charge in [0.15, 0.2) is 0 Å². The van der Waals surface area contributed by atoms with Gasteiger partial charge in [0.25, 0.3) is 0 Å². The minimum atomic E-state index is -4.75. The molecule has 0 radical (unpaired) electrons. The van der Waals surface area contributed by atoms with Crippen molar-refractivity contribution in [3.63, 3.8) is 0 Å². The number of aliphatic hydroxyl groups is 1. The maximum Gasteiger partial charge on any atom is 0.573 e. The molecule has 3 rings (SSSR count). The van der Waals surface area contributed by atoms with Gasteiger partial charge in [0.2, 0.25) is 0 Å². The van der Waals surface area contributed by atoms with E-state index < -0.39 is 6.36 Å². The number of nitrogens with zero attached hydrogens (tertiary/aromatic N) is 2. The molecule has 0 amide bonds. The number of rotatable bonds is 3. The molecule has 1 aromatic carbocycles. The van der Waals surface area contributed by atoms with Crippen molar-refractivity contribution < 1.29 is 23.0 Å². The van der Waals surface area contributed by atoms with Crippen molar-refractivity contribution >= 4 is 28.4 Å². The predicted molar refractivity (Wildman–Crippen MR) is 84.6 cm³/mol. The van der Waals surface area contributed by atoms with Gasteiger partial charge in [-0.05, 0) is 31.2 Å². The Balaban J connectivity index is 1.81. The van der Waals surface area contributed by atoms with E-state index in [9.17, 15) is 18.3 Å². The van der Waals surface area contributed by atoms with E-state index in [1.165, 1.54) is 40.5 Å². The van der Waals surface area contributed by atoms with E-state index in [4.69, 9.17) is 5.41 Å². The molecule has 126 valence electrons. The van der Waals surface area contributed by atoms with Gasteiger partial charge in [0, 0.05) is 16.8 Å². The van der Waals surface area contributed by atoms with E-state index in [2.05, 4.69) is 9.72 Å². The zero-order valence-corrected chi connectivity index (χ0v) is 13.2. The molecule has 0 bridgehead atoms. The number of hydrogen-bond donors (Lipinski definition) is 2. The Hall–Kier alpha value is -2.55. The lowest BCUT2D eigenvalue weighted by Crippen LogP contribution is -2.26. The van der Waals surface area contributed by atoms with E-state index in [1.54, 1.807) is 0 Å². The van der Waals surface area contributed by atoms with Gasteiger partial charge in [-0.2, -0.15) is 0 Å². The zero-order valence-electron chi connectivity index (χ0n) is 12.4. The fourth-order valence-electron chi connectivity index (χ4n) is 2.32. The normalized spacial score (nSPS) is 15.3. The second-order valence-corrected chi connectivity index (χ2v) is 5.95. The molecule has 0 saturated heterocycles. The molecule has 0 saturated carbocycles. The lowest BCUT2D eigenvalue weighted by molar-refractivity contribution is -0.274. The molecule has 1 aliphatic rings. The molecule has 0 aliphatic carbocycles. The van der Waals surface area contributed by atoms with E-state index in [0.717, 1.165) is 5.69 Å². The summed E-state index contributed by atoms with van der Waals surface area (Å²) in [5.74, 6) is -0.291. The third-order valence-electron chi connectivity index (χ3n) is 3.32. The summed E-state index contributed by atoms with van der Waals surface area (Å²) in [4.78, 5) is 5.75. The first-order valence-corrected chi connectivity index (χ1v) is 7.69. The number of amidine groups is 1. The fourth-order valence-corrected chi connectivity index (χ4v) is 3.19. The van der Waals surface area contributed by atoms with Crippen molar-refractivity contribution in [2.24, 2.45) is 0 Å². The van der Waals surface area contributed by atoms with Crippen LogP contribution in [0.4, 0.5) is 18.9 Å². The van der Waals surface area contributed by atoms with Crippen LogP contribution in [0.3, 0.4) is 0 Å². The minimum absolute atomic E-state index is 0.00460. The molecule has 1 aromatic heterocycles. The molecule has 0 spiro atoms.